The van der Waals surface area contributed by atoms with Crippen LogP contribution in [0.2, 0.25) is 0 Å². The number of hydrogen-bond acceptors (Lipinski definition) is 2. The van der Waals surface area contributed by atoms with Gasteiger partial charge in [0.15, 0.2) is 0 Å². The predicted molar refractivity (Wildman–Crippen MR) is 44.9 cm³/mol. The largest absolute Gasteiger partial charge is 0.481 e. The van der Waals surface area contributed by atoms with Crippen LogP contribution in [0.3, 0.4) is 0 Å². The fraction of sp³-hybridized carbons (Fsp3) is 0.833. The fourth-order valence-electron chi connectivity index (χ4n) is 0.616. The first-order valence-corrected chi connectivity index (χ1v) is 4.28. The Balaban J connectivity index is 3.50. The van der Waals surface area contributed by atoms with E-state index in [0.717, 1.165) is 6.42 Å². The third kappa shape index (κ3) is 4.01. The minimum Gasteiger partial charge on any atom is -0.481 e. The standard InChI is InChI=1S/C6H11ClO2S/c7-3-1-2-5(4-10)6(8)9/h5,10H,1-4H2,(H,8,9)/t5-/m1/s1. The zero-order valence-corrected chi connectivity index (χ0v) is 7.24. The Kier molecular flexibility index (Phi) is 5.93. The second-order valence-corrected chi connectivity index (χ2v) is 2.79. The van der Waals surface area contributed by atoms with Gasteiger partial charge in [0.25, 0.3) is 0 Å². The van der Waals surface area contributed by atoms with Gasteiger partial charge in [0, 0.05) is 11.6 Å². The number of aliphatic carboxylic acids is 1. The zero-order chi connectivity index (χ0) is 7.98. The molecule has 0 aromatic heterocycles. The molecule has 0 aliphatic carbocycles. The van der Waals surface area contributed by atoms with Crippen LogP contribution in [0.4, 0.5) is 0 Å². The number of carboxylic acid groups (broad SMARTS) is 1. The second kappa shape index (κ2) is 5.86. The van der Waals surface area contributed by atoms with Gasteiger partial charge in [-0.1, -0.05) is 0 Å². The summed E-state index contributed by atoms with van der Waals surface area (Å²) in [6.07, 6.45) is 1.38. The Hall–Kier alpha value is 0.110. The Morgan fingerprint density at radius 2 is 2.30 bits per heavy atom. The Labute approximate surface area is 71.0 Å². The van der Waals surface area contributed by atoms with E-state index in [0.29, 0.717) is 18.1 Å². The van der Waals surface area contributed by atoms with E-state index in [-0.39, 0.29) is 5.92 Å². The van der Waals surface area contributed by atoms with E-state index in [1.54, 1.807) is 0 Å². The molecule has 1 atom stereocenters. The Morgan fingerprint density at radius 3 is 2.60 bits per heavy atom. The number of hydrogen-bond donors (Lipinski definition) is 2. The first-order valence-electron chi connectivity index (χ1n) is 3.12. The number of halogens is 1. The molecule has 1 N–H and O–H groups in total. The summed E-state index contributed by atoms with van der Waals surface area (Å²) in [5.74, 6) is -0.189. The van der Waals surface area contributed by atoms with Gasteiger partial charge in [-0.05, 0) is 12.8 Å². The zero-order valence-electron chi connectivity index (χ0n) is 5.59. The maximum Gasteiger partial charge on any atom is 0.307 e. The van der Waals surface area contributed by atoms with Crippen LogP contribution in [0.1, 0.15) is 12.8 Å². The first-order chi connectivity index (χ1) is 4.72. The molecule has 0 amide bonds. The Morgan fingerprint density at radius 1 is 1.70 bits per heavy atom. The lowest BCUT2D eigenvalue weighted by atomic mass is 10.1. The predicted octanol–water partition coefficient (Wildman–Crippen LogP) is 1.64. The van der Waals surface area contributed by atoms with Crippen LogP contribution in [0.15, 0.2) is 0 Å². The quantitative estimate of drug-likeness (QED) is 0.501. The van der Waals surface area contributed by atoms with Crippen LogP contribution in [-0.2, 0) is 4.79 Å². The Bertz CT molecular complexity index is 108. The van der Waals surface area contributed by atoms with Crippen LogP contribution in [0, 0.1) is 5.92 Å². The summed E-state index contributed by atoms with van der Waals surface area (Å²) in [5, 5.41) is 8.51. The van der Waals surface area contributed by atoms with Crippen LogP contribution >= 0.6 is 24.2 Å². The summed E-state index contributed by atoms with van der Waals surface area (Å²) < 4.78 is 0. The van der Waals surface area contributed by atoms with Gasteiger partial charge in [-0.3, -0.25) is 4.79 Å². The molecule has 0 aromatic carbocycles. The molecule has 4 heteroatoms. The van der Waals surface area contributed by atoms with Crippen molar-refractivity contribution in [2.24, 2.45) is 5.92 Å². The van der Waals surface area contributed by atoms with Crippen molar-refractivity contribution in [3.8, 4) is 0 Å². The van der Waals surface area contributed by atoms with E-state index < -0.39 is 5.97 Å². The van der Waals surface area contributed by atoms with Crippen molar-refractivity contribution >= 4 is 30.2 Å². The topological polar surface area (TPSA) is 37.3 Å². The molecular weight excluding hydrogens is 172 g/mol. The third-order valence-electron chi connectivity index (χ3n) is 1.26. The number of thiol groups is 1. The van der Waals surface area contributed by atoms with Gasteiger partial charge in [-0.2, -0.15) is 12.6 Å². The SMILES string of the molecule is O=C(O)[C@@H](CS)CCCCl. The summed E-state index contributed by atoms with van der Waals surface area (Å²) in [6.45, 7) is 0. The molecule has 0 radical (unpaired) electrons. The molecular formula is C6H11ClO2S. The van der Waals surface area contributed by atoms with Crippen molar-refractivity contribution in [1.29, 1.82) is 0 Å². The van der Waals surface area contributed by atoms with Crippen molar-refractivity contribution in [3.05, 3.63) is 0 Å². The minimum atomic E-state index is -0.778. The molecule has 0 spiro atoms. The molecule has 0 saturated heterocycles. The highest BCUT2D eigenvalue weighted by molar-refractivity contribution is 7.80. The van der Waals surface area contributed by atoms with E-state index in [1.165, 1.54) is 0 Å². The van der Waals surface area contributed by atoms with E-state index in [9.17, 15) is 4.79 Å². The van der Waals surface area contributed by atoms with Gasteiger partial charge in [0.1, 0.15) is 0 Å². The van der Waals surface area contributed by atoms with Gasteiger partial charge < -0.3 is 5.11 Å². The van der Waals surface area contributed by atoms with Gasteiger partial charge in [0.2, 0.25) is 0 Å². The van der Waals surface area contributed by atoms with Gasteiger partial charge in [0.05, 0.1) is 5.92 Å². The molecule has 0 aliphatic heterocycles. The van der Waals surface area contributed by atoms with Crippen molar-refractivity contribution in [2.45, 2.75) is 12.8 Å². The summed E-state index contributed by atoms with van der Waals surface area (Å²) in [5.41, 5.74) is 0. The van der Waals surface area contributed by atoms with Crippen LogP contribution in [0.5, 0.6) is 0 Å². The van der Waals surface area contributed by atoms with Gasteiger partial charge in [-0.25, -0.2) is 0 Å². The molecule has 0 aromatic rings. The fourth-order valence-corrected chi connectivity index (χ4v) is 1.11. The monoisotopic (exact) mass is 182 g/mol. The summed E-state index contributed by atoms with van der Waals surface area (Å²) in [4.78, 5) is 10.3. The lowest BCUT2D eigenvalue weighted by Gasteiger charge is -2.05. The lowest BCUT2D eigenvalue weighted by Crippen LogP contribution is -2.15. The highest BCUT2D eigenvalue weighted by atomic mass is 35.5. The number of rotatable bonds is 5. The summed E-state index contributed by atoms with van der Waals surface area (Å²) in [7, 11) is 0. The normalized spacial score (nSPS) is 13.0. The minimum absolute atomic E-state index is 0.331. The molecule has 0 fully saturated rings. The summed E-state index contributed by atoms with van der Waals surface area (Å²) in [6, 6.07) is 0. The molecule has 10 heavy (non-hydrogen) atoms. The van der Waals surface area contributed by atoms with E-state index in [1.807, 2.05) is 0 Å². The van der Waals surface area contributed by atoms with Crippen LogP contribution in [-0.4, -0.2) is 22.7 Å². The van der Waals surface area contributed by atoms with E-state index in [4.69, 9.17) is 16.7 Å². The molecule has 2 nitrogen and oxygen atoms in total. The molecule has 0 aliphatic rings. The highest BCUT2D eigenvalue weighted by Gasteiger charge is 2.13. The lowest BCUT2D eigenvalue weighted by molar-refractivity contribution is -0.141. The maximum atomic E-state index is 10.3. The van der Waals surface area contributed by atoms with E-state index >= 15 is 0 Å². The summed E-state index contributed by atoms with van der Waals surface area (Å²) >= 11 is 9.29. The third-order valence-corrected chi connectivity index (χ3v) is 1.96. The molecule has 60 valence electrons. The molecule has 0 heterocycles. The van der Waals surface area contributed by atoms with E-state index in [2.05, 4.69) is 12.6 Å². The molecule has 0 rings (SSSR count). The first kappa shape index (κ1) is 10.1. The molecule has 0 saturated carbocycles. The van der Waals surface area contributed by atoms with Gasteiger partial charge in [-0.15, -0.1) is 11.6 Å². The molecule has 0 bridgehead atoms. The van der Waals surface area contributed by atoms with Crippen molar-refractivity contribution in [1.82, 2.24) is 0 Å². The number of carbonyl (C=O) groups is 1. The smallest absolute Gasteiger partial charge is 0.307 e. The van der Waals surface area contributed by atoms with Crippen molar-refractivity contribution in [3.63, 3.8) is 0 Å². The van der Waals surface area contributed by atoms with Crippen molar-refractivity contribution < 1.29 is 9.90 Å². The maximum absolute atomic E-state index is 10.3. The average molecular weight is 183 g/mol. The molecule has 0 unspecified atom stereocenters. The second-order valence-electron chi connectivity index (χ2n) is 2.05. The van der Waals surface area contributed by atoms with Crippen LogP contribution < -0.4 is 0 Å². The average Bonchev–Trinajstić information content (AvgIpc) is 1.89. The van der Waals surface area contributed by atoms with Gasteiger partial charge >= 0.3 is 5.97 Å². The number of carboxylic acids is 1. The number of alkyl halides is 1. The highest BCUT2D eigenvalue weighted by Crippen LogP contribution is 2.08. The van der Waals surface area contributed by atoms with Crippen molar-refractivity contribution in [2.75, 3.05) is 11.6 Å². The van der Waals surface area contributed by atoms with Crippen LogP contribution in [0.25, 0.3) is 0 Å².